The van der Waals surface area contributed by atoms with E-state index in [1.807, 2.05) is 36.6 Å². The molecule has 1 aromatic carbocycles. The highest BCUT2D eigenvalue weighted by molar-refractivity contribution is 7.10. The van der Waals surface area contributed by atoms with Crippen LogP contribution >= 0.6 is 11.3 Å². The number of hydrogen-bond acceptors (Lipinski definition) is 4. The van der Waals surface area contributed by atoms with Gasteiger partial charge in [-0.3, -0.25) is 4.79 Å². The van der Waals surface area contributed by atoms with E-state index in [-0.39, 0.29) is 11.9 Å². The van der Waals surface area contributed by atoms with Gasteiger partial charge in [0.2, 0.25) is 0 Å². The van der Waals surface area contributed by atoms with Crippen LogP contribution in [0.2, 0.25) is 0 Å². The van der Waals surface area contributed by atoms with Gasteiger partial charge >= 0.3 is 0 Å². The summed E-state index contributed by atoms with van der Waals surface area (Å²) in [4.78, 5) is 17.2. The fraction of sp³-hybridized carbons (Fsp3) is 0.421. The number of nitrogens with one attached hydrogen (secondary N) is 2. The molecule has 0 bridgehead atoms. The van der Waals surface area contributed by atoms with Crippen LogP contribution in [0.3, 0.4) is 0 Å². The van der Waals surface area contributed by atoms with Gasteiger partial charge in [0.25, 0.3) is 5.91 Å². The number of carbonyl (C=O) groups excluding carboxylic acids is 1. The van der Waals surface area contributed by atoms with E-state index >= 15 is 0 Å². The lowest BCUT2D eigenvalue weighted by atomic mass is 10.2. The third-order valence-corrected chi connectivity index (χ3v) is 5.71. The van der Waals surface area contributed by atoms with Crippen molar-refractivity contribution < 1.29 is 14.4 Å². The standard InChI is InChI=1S/C19H25N3O2S/c1-15(18-8-5-13-25-18)20-19(23)14-21-9-11-22(12-10-21)16-6-3-4-7-17(16)24-2/h3-8,13,15H,9-12,14H2,1-2H3,(H,20,23)/p+1/t15-/m1/s1. The number of amides is 1. The fourth-order valence-electron chi connectivity index (χ4n) is 3.26. The molecule has 5 nitrogen and oxygen atoms in total. The summed E-state index contributed by atoms with van der Waals surface area (Å²) >= 11 is 1.68. The molecule has 25 heavy (non-hydrogen) atoms. The zero-order chi connectivity index (χ0) is 17.6. The van der Waals surface area contributed by atoms with Crippen molar-refractivity contribution in [2.45, 2.75) is 13.0 Å². The molecule has 0 radical (unpaired) electrons. The number of anilines is 1. The van der Waals surface area contributed by atoms with E-state index in [1.54, 1.807) is 18.4 Å². The van der Waals surface area contributed by atoms with Gasteiger partial charge in [0.05, 0.1) is 45.0 Å². The molecular formula is C19H26N3O2S+. The molecule has 0 unspecified atom stereocenters. The summed E-state index contributed by atoms with van der Waals surface area (Å²) in [5, 5.41) is 5.15. The Morgan fingerprint density at radius 3 is 2.72 bits per heavy atom. The summed E-state index contributed by atoms with van der Waals surface area (Å²) in [5.41, 5.74) is 1.14. The van der Waals surface area contributed by atoms with Gasteiger partial charge in [0.1, 0.15) is 5.75 Å². The summed E-state index contributed by atoms with van der Waals surface area (Å²) in [6.45, 7) is 6.36. The monoisotopic (exact) mass is 360 g/mol. The summed E-state index contributed by atoms with van der Waals surface area (Å²) in [7, 11) is 1.71. The van der Waals surface area contributed by atoms with Crippen molar-refractivity contribution in [2.24, 2.45) is 0 Å². The normalized spacial score (nSPS) is 16.5. The molecule has 1 aliphatic rings. The first-order chi connectivity index (χ1) is 12.2. The zero-order valence-electron chi connectivity index (χ0n) is 14.8. The molecular weight excluding hydrogens is 334 g/mol. The highest BCUT2D eigenvalue weighted by Gasteiger charge is 2.24. The third kappa shape index (κ3) is 4.52. The first-order valence-electron chi connectivity index (χ1n) is 8.71. The first-order valence-corrected chi connectivity index (χ1v) is 9.59. The number of piperazine rings is 1. The smallest absolute Gasteiger partial charge is 0.275 e. The Balaban J connectivity index is 1.48. The van der Waals surface area contributed by atoms with Crippen molar-refractivity contribution in [1.29, 1.82) is 0 Å². The molecule has 1 fully saturated rings. The number of rotatable bonds is 6. The molecule has 2 aromatic rings. The van der Waals surface area contributed by atoms with Crippen molar-refractivity contribution >= 4 is 22.9 Å². The van der Waals surface area contributed by atoms with Gasteiger partial charge in [0, 0.05) is 4.88 Å². The lowest BCUT2D eigenvalue weighted by molar-refractivity contribution is -0.892. The van der Waals surface area contributed by atoms with Crippen LogP contribution in [0.1, 0.15) is 17.8 Å². The highest BCUT2D eigenvalue weighted by Crippen LogP contribution is 2.27. The van der Waals surface area contributed by atoms with Gasteiger partial charge in [0.15, 0.2) is 6.54 Å². The third-order valence-electron chi connectivity index (χ3n) is 4.65. The van der Waals surface area contributed by atoms with E-state index in [0.29, 0.717) is 6.54 Å². The van der Waals surface area contributed by atoms with Gasteiger partial charge in [-0.15, -0.1) is 11.3 Å². The van der Waals surface area contributed by atoms with Crippen molar-refractivity contribution in [1.82, 2.24) is 5.32 Å². The number of thiophene rings is 1. The predicted molar refractivity (Wildman–Crippen MR) is 102 cm³/mol. The second-order valence-electron chi connectivity index (χ2n) is 6.39. The number of carbonyl (C=O) groups is 1. The number of methoxy groups -OCH3 is 1. The van der Waals surface area contributed by atoms with Crippen molar-refractivity contribution in [3.63, 3.8) is 0 Å². The predicted octanol–water partition coefficient (Wildman–Crippen LogP) is 1.34. The maximum Gasteiger partial charge on any atom is 0.275 e. The Morgan fingerprint density at radius 2 is 2.04 bits per heavy atom. The maximum absolute atomic E-state index is 12.3. The zero-order valence-corrected chi connectivity index (χ0v) is 15.6. The van der Waals surface area contributed by atoms with Crippen LogP contribution in [0.25, 0.3) is 0 Å². The lowest BCUT2D eigenvalue weighted by Crippen LogP contribution is -3.15. The SMILES string of the molecule is COc1ccccc1N1CC[NH+](CC(=O)N[C@H](C)c2cccs2)CC1. The minimum absolute atomic E-state index is 0.0850. The molecule has 134 valence electrons. The van der Waals surface area contributed by atoms with E-state index in [4.69, 9.17) is 4.74 Å². The van der Waals surface area contributed by atoms with Crippen LogP contribution < -0.4 is 19.9 Å². The Kier molecular flexibility index (Phi) is 5.94. The van der Waals surface area contributed by atoms with E-state index in [2.05, 4.69) is 22.3 Å². The number of para-hydroxylation sites is 2. The second kappa shape index (κ2) is 8.36. The van der Waals surface area contributed by atoms with Gasteiger partial charge in [-0.1, -0.05) is 18.2 Å². The Bertz CT molecular complexity index is 682. The Labute approximate surface area is 153 Å². The summed E-state index contributed by atoms with van der Waals surface area (Å²) in [5.74, 6) is 1.04. The molecule has 1 saturated heterocycles. The van der Waals surface area contributed by atoms with Crippen molar-refractivity contribution in [3.8, 4) is 5.75 Å². The van der Waals surface area contributed by atoms with Crippen LogP contribution in [0.5, 0.6) is 5.75 Å². The molecule has 3 rings (SSSR count). The van der Waals surface area contributed by atoms with Gasteiger partial charge in [-0.05, 0) is 30.5 Å². The number of quaternary nitrogens is 1. The highest BCUT2D eigenvalue weighted by atomic mass is 32.1. The first kappa shape index (κ1) is 17.8. The van der Waals surface area contributed by atoms with Crippen LogP contribution in [-0.2, 0) is 4.79 Å². The maximum atomic E-state index is 12.3. The second-order valence-corrected chi connectivity index (χ2v) is 7.37. The average molecular weight is 361 g/mol. The van der Waals surface area contributed by atoms with Crippen LogP contribution in [-0.4, -0.2) is 45.7 Å². The number of nitrogens with zero attached hydrogens (tertiary/aromatic N) is 1. The molecule has 0 aliphatic carbocycles. The van der Waals surface area contributed by atoms with Crippen molar-refractivity contribution in [3.05, 3.63) is 46.7 Å². The lowest BCUT2D eigenvalue weighted by Gasteiger charge is -2.34. The quantitative estimate of drug-likeness (QED) is 0.817. The number of benzene rings is 1. The van der Waals surface area contributed by atoms with Crippen LogP contribution in [0.4, 0.5) is 5.69 Å². The largest absolute Gasteiger partial charge is 0.495 e. The molecule has 1 aromatic heterocycles. The van der Waals surface area contributed by atoms with E-state index < -0.39 is 0 Å². The molecule has 6 heteroatoms. The molecule has 0 saturated carbocycles. The van der Waals surface area contributed by atoms with E-state index in [1.165, 1.54) is 9.78 Å². The Morgan fingerprint density at radius 1 is 1.28 bits per heavy atom. The van der Waals surface area contributed by atoms with E-state index in [0.717, 1.165) is 37.6 Å². The van der Waals surface area contributed by atoms with Crippen molar-refractivity contribution in [2.75, 3.05) is 44.7 Å². The topological polar surface area (TPSA) is 46.0 Å². The fourth-order valence-corrected chi connectivity index (χ4v) is 3.99. The molecule has 1 aliphatic heterocycles. The average Bonchev–Trinajstić information content (AvgIpc) is 3.17. The number of ether oxygens (including phenoxy) is 1. The summed E-state index contributed by atoms with van der Waals surface area (Å²) in [6, 6.07) is 12.3. The minimum Gasteiger partial charge on any atom is -0.495 e. The van der Waals surface area contributed by atoms with Gasteiger partial charge in [-0.25, -0.2) is 0 Å². The van der Waals surface area contributed by atoms with Gasteiger partial charge < -0.3 is 19.9 Å². The molecule has 1 amide bonds. The molecule has 1 atom stereocenters. The Hall–Kier alpha value is -2.05. The summed E-state index contributed by atoms with van der Waals surface area (Å²) < 4.78 is 5.46. The van der Waals surface area contributed by atoms with E-state index in [9.17, 15) is 4.79 Å². The molecule has 2 heterocycles. The molecule has 2 N–H and O–H groups in total. The van der Waals surface area contributed by atoms with Crippen LogP contribution in [0, 0.1) is 0 Å². The van der Waals surface area contributed by atoms with Crippen LogP contribution in [0.15, 0.2) is 41.8 Å². The van der Waals surface area contributed by atoms with Gasteiger partial charge in [-0.2, -0.15) is 0 Å². The number of hydrogen-bond donors (Lipinski definition) is 2. The molecule has 0 spiro atoms. The minimum atomic E-state index is 0.0850. The summed E-state index contributed by atoms with van der Waals surface area (Å²) in [6.07, 6.45) is 0.